The predicted octanol–water partition coefficient (Wildman–Crippen LogP) is 3.71. The molecule has 8 heteroatoms. The van der Waals surface area contributed by atoms with Crippen LogP contribution in [0.1, 0.15) is 29.6 Å². The molecule has 0 spiro atoms. The Morgan fingerprint density at radius 2 is 2.14 bits per heavy atom. The van der Waals surface area contributed by atoms with Crippen molar-refractivity contribution in [2.75, 3.05) is 0 Å². The van der Waals surface area contributed by atoms with Gasteiger partial charge in [-0.1, -0.05) is 19.9 Å². The maximum Gasteiger partial charge on any atom is 0.243 e. The van der Waals surface area contributed by atoms with Crippen molar-refractivity contribution in [3.05, 3.63) is 37.1 Å². The molecule has 3 N–H and O–H groups in total. The van der Waals surface area contributed by atoms with E-state index in [1.807, 2.05) is 31.4 Å². The van der Waals surface area contributed by atoms with E-state index in [0.717, 1.165) is 9.75 Å². The lowest BCUT2D eigenvalue weighted by atomic mass is 10.0. The summed E-state index contributed by atoms with van der Waals surface area (Å²) in [6.07, 6.45) is 0. The van der Waals surface area contributed by atoms with E-state index >= 15 is 0 Å². The van der Waals surface area contributed by atoms with Crippen LogP contribution in [0.5, 0.6) is 0 Å². The second-order valence-corrected chi connectivity index (χ2v) is 10.0. The second-order valence-electron chi connectivity index (χ2n) is 4.91. The third-order valence-corrected chi connectivity index (χ3v) is 7.67. The molecule has 0 aliphatic carbocycles. The van der Waals surface area contributed by atoms with Crippen molar-refractivity contribution < 1.29 is 8.42 Å². The van der Waals surface area contributed by atoms with Crippen LogP contribution in [0.25, 0.3) is 0 Å². The van der Waals surface area contributed by atoms with Gasteiger partial charge in [0.15, 0.2) is 0 Å². The fraction of sp³-hybridized carbons (Fsp3) is 0.385. The molecule has 1 atom stereocenters. The summed E-state index contributed by atoms with van der Waals surface area (Å²) in [7, 11) is -3.59. The fourth-order valence-electron chi connectivity index (χ4n) is 1.90. The molecule has 2 aromatic rings. The zero-order valence-electron chi connectivity index (χ0n) is 11.7. The third-order valence-electron chi connectivity index (χ3n) is 3.00. The summed E-state index contributed by atoms with van der Waals surface area (Å²) < 4.78 is 28.6. The summed E-state index contributed by atoms with van der Waals surface area (Å²) in [6.45, 7) is 4.33. The quantitative estimate of drug-likeness (QED) is 0.764. The number of sulfonamides is 1. The summed E-state index contributed by atoms with van der Waals surface area (Å²) in [4.78, 5) is 2.11. The maximum absolute atomic E-state index is 12.6. The molecule has 4 nitrogen and oxygen atoms in total. The molecule has 0 saturated heterocycles. The maximum atomic E-state index is 12.6. The summed E-state index contributed by atoms with van der Waals surface area (Å²) in [5.41, 5.74) is 5.58. The minimum Gasteiger partial charge on any atom is -0.326 e. The summed E-state index contributed by atoms with van der Waals surface area (Å²) in [5.74, 6) is 0.157. The van der Waals surface area contributed by atoms with Crippen molar-refractivity contribution in [2.45, 2.75) is 31.3 Å². The number of halogens is 1. The highest BCUT2D eigenvalue weighted by Gasteiger charge is 2.27. The van der Waals surface area contributed by atoms with Crippen LogP contribution in [-0.2, 0) is 16.6 Å². The number of rotatable bonds is 6. The van der Waals surface area contributed by atoms with Gasteiger partial charge < -0.3 is 5.73 Å². The highest BCUT2D eigenvalue weighted by molar-refractivity contribution is 9.11. The molecule has 2 heterocycles. The van der Waals surface area contributed by atoms with E-state index in [1.54, 1.807) is 17.4 Å². The fourth-order valence-corrected chi connectivity index (χ4v) is 6.85. The topological polar surface area (TPSA) is 72.2 Å². The third kappa shape index (κ3) is 3.94. The lowest BCUT2D eigenvalue weighted by molar-refractivity contribution is 0.469. The number of nitrogens with one attached hydrogen (secondary N) is 1. The van der Waals surface area contributed by atoms with Gasteiger partial charge in [0.1, 0.15) is 4.90 Å². The zero-order valence-corrected chi connectivity index (χ0v) is 15.7. The number of hydrogen-bond acceptors (Lipinski definition) is 5. The standard InChI is InChI=1S/C13H17BrN2O2S3/c1-8(2)12(10-4-3-5-19-10)16-21(17,18)11-6-9(7-15)20-13(11)14/h3-6,8,12,16H,7,15H2,1-2H3. The molecule has 0 aromatic carbocycles. The SMILES string of the molecule is CC(C)C(NS(=O)(=O)c1cc(CN)sc1Br)c1cccs1. The Labute approximate surface area is 141 Å². The first-order valence-electron chi connectivity index (χ1n) is 6.39. The van der Waals surface area contributed by atoms with Crippen LogP contribution in [0, 0.1) is 5.92 Å². The van der Waals surface area contributed by atoms with Gasteiger partial charge in [0.05, 0.1) is 9.83 Å². The van der Waals surface area contributed by atoms with Crippen LogP contribution in [0.2, 0.25) is 0 Å². The van der Waals surface area contributed by atoms with Crippen molar-refractivity contribution in [1.29, 1.82) is 0 Å². The number of hydrogen-bond donors (Lipinski definition) is 2. The van der Waals surface area contributed by atoms with Crippen molar-refractivity contribution in [1.82, 2.24) is 4.72 Å². The highest BCUT2D eigenvalue weighted by Crippen LogP contribution is 2.34. The van der Waals surface area contributed by atoms with Crippen LogP contribution in [0.4, 0.5) is 0 Å². The van der Waals surface area contributed by atoms with E-state index in [1.165, 1.54) is 11.3 Å². The van der Waals surface area contributed by atoms with Crippen molar-refractivity contribution in [3.63, 3.8) is 0 Å². The van der Waals surface area contributed by atoms with Gasteiger partial charge in [-0.2, -0.15) is 0 Å². The smallest absolute Gasteiger partial charge is 0.243 e. The van der Waals surface area contributed by atoms with Crippen LogP contribution < -0.4 is 10.5 Å². The van der Waals surface area contributed by atoms with E-state index in [4.69, 9.17) is 5.73 Å². The Morgan fingerprint density at radius 1 is 1.43 bits per heavy atom. The minimum absolute atomic E-state index is 0.157. The van der Waals surface area contributed by atoms with Crippen molar-refractivity contribution in [2.24, 2.45) is 11.7 Å². The van der Waals surface area contributed by atoms with Gasteiger partial charge in [0, 0.05) is 16.3 Å². The molecule has 2 rings (SSSR count). The molecular formula is C13H17BrN2O2S3. The first-order chi connectivity index (χ1) is 9.85. The molecular weight excluding hydrogens is 392 g/mol. The number of nitrogens with two attached hydrogens (primary N) is 1. The van der Waals surface area contributed by atoms with E-state index < -0.39 is 10.0 Å². The van der Waals surface area contributed by atoms with Crippen LogP contribution in [0.3, 0.4) is 0 Å². The van der Waals surface area contributed by atoms with Gasteiger partial charge in [-0.15, -0.1) is 22.7 Å². The van der Waals surface area contributed by atoms with E-state index in [-0.39, 0.29) is 16.9 Å². The monoisotopic (exact) mass is 408 g/mol. The van der Waals surface area contributed by atoms with E-state index in [2.05, 4.69) is 20.7 Å². The molecule has 0 aliphatic rings. The second kappa shape index (κ2) is 6.89. The number of thiophene rings is 2. The summed E-state index contributed by atoms with van der Waals surface area (Å²) >= 11 is 6.22. The molecule has 0 aliphatic heterocycles. The Bertz CT molecular complexity index is 693. The van der Waals surface area contributed by atoms with Gasteiger partial charge in [0.25, 0.3) is 0 Å². The summed E-state index contributed by atoms with van der Waals surface area (Å²) in [5, 5.41) is 1.95. The average Bonchev–Trinajstić information content (AvgIpc) is 3.04. The van der Waals surface area contributed by atoms with Gasteiger partial charge in [0.2, 0.25) is 10.0 Å². The Morgan fingerprint density at radius 3 is 2.62 bits per heavy atom. The Hall–Kier alpha value is -0.250. The molecule has 0 bridgehead atoms. The zero-order chi connectivity index (χ0) is 15.6. The van der Waals surface area contributed by atoms with Crippen molar-refractivity contribution in [3.8, 4) is 0 Å². The molecule has 116 valence electrons. The van der Waals surface area contributed by atoms with Crippen LogP contribution >= 0.6 is 38.6 Å². The van der Waals surface area contributed by atoms with Crippen molar-refractivity contribution >= 4 is 48.6 Å². The average molecular weight is 409 g/mol. The van der Waals surface area contributed by atoms with E-state index in [9.17, 15) is 8.42 Å². The molecule has 2 aromatic heterocycles. The highest BCUT2D eigenvalue weighted by atomic mass is 79.9. The van der Waals surface area contributed by atoms with Gasteiger partial charge >= 0.3 is 0 Å². The lowest BCUT2D eigenvalue weighted by Crippen LogP contribution is -2.31. The minimum atomic E-state index is -3.59. The molecule has 0 radical (unpaired) electrons. The van der Waals surface area contributed by atoms with Gasteiger partial charge in [-0.05, 0) is 39.4 Å². The molecule has 0 saturated carbocycles. The summed E-state index contributed by atoms with van der Waals surface area (Å²) in [6, 6.07) is 5.27. The molecule has 0 amide bonds. The van der Waals surface area contributed by atoms with E-state index in [0.29, 0.717) is 10.3 Å². The lowest BCUT2D eigenvalue weighted by Gasteiger charge is -2.21. The Kier molecular flexibility index (Phi) is 5.61. The first-order valence-corrected chi connectivity index (χ1v) is 10.4. The van der Waals surface area contributed by atoms with Gasteiger partial charge in [-0.25, -0.2) is 13.1 Å². The van der Waals surface area contributed by atoms with Gasteiger partial charge in [-0.3, -0.25) is 0 Å². The van der Waals surface area contributed by atoms with Crippen LogP contribution in [0.15, 0.2) is 32.3 Å². The Balaban J connectivity index is 2.32. The molecule has 21 heavy (non-hydrogen) atoms. The normalized spacial score (nSPS) is 13.8. The first kappa shape index (κ1) is 17.1. The molecule has 1 unspecified atom stereocenters. The largest absolute Gasteiger partial charge is 0.326 e. The predicted molar refractivity (Wildman–Crippen MR) is 92.1 cm³/mol. The molecule has 0 fully saturated rings. The van der Waals surface area contributed by atoms with Crippen LogP contribution in [-0.4, -0.2) is 8.42 Å².